The summed E-state index contributed by atoms with van der Waals surface area (Å²) in [5, 5.41) is 23.4. The fourth-order valence-electron chi connectivity index (χ4n) is 3.17. The van der Waals surface area contributed by atoms with Crippen molar-refractivity contribution < 1.29 is 23.7 Å². The number of anilines is 1. The number of nitro groups is 1. The van der Waals surface area contributed by atoms with Gasteiger partial charge in [0.1, 0.15) is 29.6 Å². The number of amides is 1. The third-order valence-corrected chi connectivity index (χ3v) is 5.02. The number of nitrogens with zero attached hydrogens (tertiary/aromatic N) is 1. The zero-order chi connectivity index (χ0) is 23.4. The van der Waals surface area contributed by atoms with E-state index in [9.17, 15) is 14.9 Å². The number of hydrogen-bond donors (Lipinski definition) is 2. The van der Waals surface area contributed by atoms with E-state index in [1.807, 2.05) is 0 Å². The van der Waals surface area contributed by atoms with Crippen LogP contribution in [0.5, 0.6) is 0 Å². The average molecular weight is 465 g/mol. The molecule has 8 nitrogen and oxygen atoms in total. The summed E-state index contributed by atoms with van der Waals surface area (Å²) in [4.78, 5) is 23.0. The van der Waals surface area contributed by atoms with Gasteiger partial charge in [0.2, 0.25) is 5.91 Å². The molecule has 1 amide bonds. The summed E-state index contributed by atoms with van der Waals surface area (Å²) in [6.45, 7) is -0.211. The number of para-hydroxylation sites is 1. The Balaban J connectivity index is 1.44. The standard InChI is InChI=1S/C24H17ClN2O6/c25-20-13-15(5-9-18(20)22-11-7-17(14-28)33-22)26-24(29)12-8-16-6-10-23(32-16)19-3-1-2-4-21(19)27(30)31/h1-13,28H,14H2,(H,26,29)/b12-8+. The van der Waals surface area contributed by atoms with Crippen molar-refractivity contribution in [3.8, 4) is 22.6 Å². The lowest BCUT2D eigenvalue weighted by molar-refractivity contribution is -0.384. The van der Waals surface area contributed by atoms with E-state index in [0.29, 0.717) is 44.9 Å². The molecule has 33 heavy (non-hydrogen) atoms. The molecule has 2 heterocycles. The SMILES string of the molecule is O=C(/C=C/c1ccc(-c2ccccc2[N+](=O)[O-])o1)Nc1ccc(-c2ccc(CO)o2)c(Cl)c1. The molecule has 4 aromatic rings. The third kappa shape index (κ3) is 5.03. The van der Waals surface area contributed by atoms with Crippen molar-refractivity contribution in [1.29, 1.82) is 0 Å². The molecule has 0 aliphatic rings. The van der Waals surface area contributed by atoms with Gasteiger partial charge in [-0.25, -0.2) is 0 Å². The molecule has 0 atom stereocenters. The zero-order valence-electron chi connectivity index (χ0n) is 17.0. The molecule has 0 aliphatic heterocycles. The number of rotatable bonds is 7. The minimum atomic E-state index is -0.478. The number of carbonyl (C=O) groups excluding carboxylic acids is 1. The first kappa shape index (κ1) is 22.1. The number of halogens is 1. The van der Waals surface area contributed by atoms with Gasteiger partial charge in [0, 0.05) is 23.4 Å². The summed E-state index contributed by atoms with van der Waals surface area (Å²) < 4.78 is 11.1. The molecule has 0 radical (unpaired) electrons. The number of nitrogens with one attached hydrogen (secondary N) is 1. The van der Waals surface area contributed by atoms with Gasteiger partial charge < -0.3 is 19.3 Å². The Morgan fingerprint density at radius 2 is 1.79 bits per heavy atom. The van der Waals surface area contributed by atoms with Crippen LogP contribution in [0.1, 0.15) is 11.5 Å². The summed E-state index contributed by atoms with van der Waals surface area (Å²) in [5.74, 6) is 1.21. The molecule has 0 saturated carbocycles. The van der Waals surface area contributed by atoms with Crippen molar-refractivity contribution in [2.24, 2.45) is 0 Å². The molecular formula is C24H17ClN2O6. The lowest BCUT2D eigenvalue weighted by Crippen LogP contribution is -2.07. The number of aliphatic hydroxyl groups excluding tert-OH is 1. The number of furan rings is 2. The summed E-state index contributed by atoms with van der Waals surface area (Å²) in [5.41, 5.74) is 1.39. The number of nitro benzene ring substituents is 1. The Bertz CT molecular complexity index is 1350. The topological polar surface area (TPSA) is 119 Å². The van der Waals surface area contributed by atoms with Gasteiger partial charge in [-0.3, -0.25) is 14.9 Å². The molecular weight excluding hydrogens is 448 g/mol. The first-order valence-corrected chi connectivity index (χ1v) is 10.1. The van der Waals surface area contributed by atoms with Crippen LogP contribution < -0.4 is 5.32 Å². The van der Waals surface area contributed by atoms with Gasteiger partial charge in [0.25, 0.3) is 5.69 Å². The highest BCUT2D eigenvalue weighted by Gasteiger charge is 2.17. The maximum Gasteiger partial charge on any atom is 0.280 e. The van der Waals surface area contributed by atoms with Crippen molar-refractivity contribution >= 4 is 35.0 Å². The van der Waals surface area contributed by atoms with E-state index in [1.165, 1.54) is 18.2 Å². The van der Waals surface area contributed by atoms with Crippen LogP contribution in [-0.2, 0) is 11.4 Å². The Morgan fingerprint density at radius 1 is 1.03 bits per heavy atom. The van der Waals surface area contributed by atoms with Gasteiger partial charge in [0.15, 0.2) is 0 Å². The van der Waals surface area contributed by atoms with Gasteiger partial charge >= 0.3 is 0 Å². The van der Waals surface area contributed by atoms with E-state index >= 15 is 0 Å². The Hall–Kier alpha value is -4.14. The van der Waals surface area contributed by atoms with E-state index in [0.717, 1.165) is 0 Å². The predicted octanol–water partition coefficient (Wildman–Crippen LogP) is 5.91. The number of carbonyl (C=O) groups is 1. The van der Waals surface area contributed by atoms with Crippen molar-refractivity contribution in [3.63, 3.8) is 0 Å². The van der Waals surface area contributed by atoms with Crippen LogP contribution in [0.4, 0.5) is 11.4 Å². The van der Waals surface area contributed by atoms with Crippen LogP contribution in [0.25, 0.3) is 28.7 Å². The first-order valence-electron chi connectivity index (χ1n) is 9.77. The minimum absolute atomic E-state index is 0.0671. The van der Waals surface area contributed by atoms with Crippen LogP contribution in [0.15, 0.2) is 81.6 Å². The number of benzene rings is 2. The molecule has 2 aromatic carbocycles. The number of aliphatic hydroxyl groups is 1. The van der Waals surface area contributed by atoms with Crippen LogP contribution >= 0.6 is 11.6 Å². The summed E-state index contributed by atoms with van der Waals surface area (Å²) in [7, 11) is 0. The Kier molecular flexibility index (Phi) is 6.39. The second-order valence-electron chi connectivity index (χ2n) is 6.92. The smallest absolute Gasteiger partial charge is 0.280 e. The summed E-state index contributed by atoms with van der Waals surface area (Å²) in [6.07, 6.45) is 2.74. The molecule has 4 rings (SSSR count). The Morgan fingerprint density at radius 3 is 2.52 bits per heavy atom. The van der Waals surface area contributed by atoms with Crippen LogP contribution in [-0.4, -0.2) is 15.9 Å². The molecule has 0 fully saturated rings. The van der Waals surface area contributed by atoms with Crippen molar-refractivity contribution in [2.45, 2.75) is 6.61 Å². The molecule has 9 heteroatoms. The second kappa shape index (κ2) is 9.56. The molecule has 0 unspecified atom stereocenters. The Labute approximate surface area is 192 Å². The van der Waals surface area contributed by atoms with Crippen molar-refractivity contribution in [1.82, 2.24) is 0 Å². The second-order valence-corrected chi connectivity index (χ2v) is 7.32. The van der Waals surface area contributed by atoms with Crippen molar-refractivity contribution in [3.05, 3.63) is 99.5 Å². The van der Waals surface area contributed by atoms with E-state index in [1.54, 1.807) is 60.7 Å². The van der Waals surface area contributed by atoms with Gasteiger partial charge in [0.05, 0.1) is 15.5 Å². The molecule has 0 saturated heterocycles. The van der Waals surface area contributed by atoms with Crippen LogP contribution in [0.3, 0.4) is 0 Å². The molecule has 2 N–H and O–H groups in total. The highest BCUT2D eigenvalue weighted by molar-refractivity contribution is 6.33. The number of hydrogen-bond acceptors (Lipinski definition) is 6. The van der Waals surface area contributed by atoms with E-state index in [2.05, 4.69) is 5.32 Å². The van der Waals surface area contributed by atoms with Crippen LogP contribution in [0.2, 0.25) is 5.02 Å². The average Bonchev–Trinajstić information content (AvgIpc) is 3.47. The van der Waals surface area contributed by atoms with Gasteiger partial charge in [-0.2, -0.15) is 0 Å². The summed E-state index contributed by atoms with van der Waals surface area (Å²) in [6, 6.07) is 17.8. The fraction of sp³-hybridized carbons (Fsp3) is 0.0417. The normalized spacial score (nSPS) is 11.1. The third-order valence-electron chi connectivity index (χ3n) is 4.71. The lowest BCUT2D eigenvalue weighted by Gasteiger charge is -2.06. The predicted molar refractivity (Wildman–Crippen MR) is 124 cm³/mol. The maximum absolute atomic E-state index is 12.3. The van der Waals surface area contributed by atoms with Gasteiger partial charge in [-0.05, 0) is 54.6 Å². The molecule has 0 bridgehead atoms. The fourth-order valence-corrected chi connectivity index (χ4v) is 3.44. The van der Waals surface area contributed by atoms with Crippen molar-refractivity contribution in [2.75, 3.05) is 5.32 Å². The molecule has 2 aromatic heterocycles. The van der Waals surface area contributed by atoms with Crippen LogP contribution in [0, 0.1) is 10.1 Å². The quantitative estimate of drug-likeness (QED) is 0.199. The highest BCUT2D eigenvalue weighted by Crippen LogP contribution is 2.32. The molecule has 0 aliphatic carbocycles. The minimum Gasteiger partial charge on any atom is -0.459 e. The maximum atomic E-state index is 12.3. The largest absolute Gasteiger partial charge is 0.459 e. The zero-order valence-corrected chi connectivity index (χ0v) is 17.8. The molecule has 166 valence electrons. The lowest BCUT2D eigenvalue weighted by atomic mass is 10.1. The summed E-state index contributed by atoms with van der Waals surface area (Å²) >= 11 is 6.31. The van der Waals surface area contributed by atoms with E-state index in [4.69, 9.17) is 25.5 Å². The van der Waals surface area contributed by atoms with E-state index < -0.39 is 10.8 Å². The van der Waals surface area contributed by atoms with Gasteiger partial charge in [-0.1, -0.05) is 23.7 Å². The van der Waals surface area contributed by atoms with E-state index in [-0.39, 0.29) is 12.3 Å². The van der Waals surface area contributed by atoms with Gasteiger partial charge in [-0.15, -0.1) is 0 Å². The highest BCUT2D eigenvalue weighted by atomic mass is 35.5. The monoisotopic (exact) mass is 464 g/mol. The molecule has 0 spiro atoms. The first-order chi connectivity index (χ1) is 15.9.